The van der Waals surface area contributed by atoms with Crippen molar-refractivity contribution in [1.29, 1.82) is 0 Å². The Morgan fingerprint density at radius 1 is 1.15 bits per heavy atom. The van der Waals surface area contributed by atoms with Crippen molar-refractivity contribution < 1.29 is 0 Å². The Labute approximate surface area is 124 Å². The van der Waals surface area contributed by atoms with Crippen LogP contribution < -0.4 is 5.32 Å². The zero-order valence-electron chi connectivity index (χ0n) is 13.6. The van der Waals surface area contributed by atoms with Gasteiger partial charge in [0.2, 0.25) is 0 Å². The van der Waals surface area contributed by atoms with Crippen molar-refractivity contribution in [2.75, 3.05) is 13.6 Å². The topological polar surface area (TPSA) is 15.3 Å². The summed E-state index contributed by atoms with van der Waals surface area (Å²) in [7, 11) is 2.26. The number of benzene rings is 1. The molecule has 0 amide bonds. The molecule has 2 nitrogen and oxygen atoms in total. The van der Waals surface area contributed by atoms with E-state index < -0.39 is 0 Å². The molecule has 0 unspecified atom stereocenters. The maximum atomic E-state index is 3.60. The van der Waals surface area contributed by atoms with E-state index in [-0.39, 0.29) is 5.54 Å². The lowest BCUT2D eigenvalue weighted by molar-refractivity contribution is 0.200. The normalized spacial score (nSPS) is 16.4. The highest BCUT2D eigenvalue weighted by atomic mass is 15.1. The highest BCUT2D eigenvalue weighted by molar-refractivity contribution is 5.27. The number of rotatable bonds is 6. The minimum absolute atomic E-state index is 0.172. The van der Waals surface area contributed by atoms with E-state index >= 15 is 0 Å². The van der Waals surface area contributed by atoms with Crippen molar-refractivity contribution in [3.63, 3.8) is 0 Å². The van der Waals surface area contributed by atoms with E-state index in [1.54, 1.807) is 0 Å². The van der Waals surface area contributed by atoms with Crippen LogP contribution in [0.5, 0.6) is 0 Å². The van der Waals surface area contributed by atoms with E-state index in [0.717, 1.165) is 19.0 Å². The monoisotopic (exact) mass is 274 g/mol. The Kier molecular flexibility index (Phi) is 5.22. The summed E-state index contributed by atoms with van der Waals surface area (Å²) in [4.78, 5) is 2.49. The Balaban J connectivity index is 1.92. The zero-order chi connectivity index (χ0) is 14.6. The first-order valence-electron chi connectivity index (χ1n) is 7.94. The van der Waals surface area contributed by atoms with Crippen LogP contribution in [-0.2, 0) is 13.1 Å². The Morgan fingerprint density at radius 3 is 2.35 bits per heavy atom. The van der Waals surface area contributed by atoms with E-state index in [1.807, 2.05) is 0 Å². The molecule has 1 N–H and O–H groups in total. The van der Waals surface area contributed by atoms with Crippen LogP contribution in [0.1, 0.15) is 51.2 Å². The molecule has 0 saturated heterocycles. The molecular formula is C18H30N2. The third kappa shape index (κ3) is 4.92. The quantitative estimate of drug-likeness (QED) is 0.848. The largest absolute Gasteiger partial charge is 0.308 e. The van der Waals surface area contributed by atoms with E-state index in [0.29, 0.717) is 0 Å². The average Bonchev–Trinajstić information content (AvgIpc) is 2.32. The van der Waals surface area contributed by atoms with Gasteiger partial charge in [0, 0.05) is 25.2 Å². The standard InChI is InChI=1S/C18H30N2/c1-18(2,3)19-12-16-10-5-6-11-17(16)14-20(4)13-15-8-7-9-15/h5-6,10-11,15,19H,7-9,12-14H2,1-4H3. The second-order valence-corrected chi connectivity index (χ2v) is 7.37. The van der Waals surface area contributed by atoms with Gasteiger partial charge in [-0.3, -0.25) is 0 Å². The molecule has 2 rings (SSSR count). The molecule has 1 aromatic rings. The summed E-state index contributed by atoms with van der Waals surface area (Å²) < 4.78 is 0. The lowest BCUT2D eigenvalue weighted by atomic mass is 9.85. The minimum atomic E-state index is 0.172. The van der Waals surface area contributed by atoms with Gasteiger partial charge in [-0.25, -0.2) is 0 Å². The summed E-state index contributed by atoms with van der Waals surface area (Å²) in [5, 5.41) is 3.60. The van der Waals surface area contributed by atoms with Crippen molar-refractivity contribution in [3.8, 4) is 0 Å². The average molecular weight is 274 g/mol. The van der Waals surface area contributed by atoms with Gasteiger partial charge >= 0.3 is 0 Å². The van der Waals surface area contributed by atoms with Gasteiger partial charge in [-0.1, -0.05) is 30.7 Å². The predicted octanol–water partition coefficient (Wildman–Crippen LogP) is 3.81. The van der Waals surface area contributed by atoms with Gasteiger partial charge in [0.25, 0.3) is 0 Å². The third-order valence-corrected chi connectivity index (χ3v) is 4.16. The molecule has 1 fully saturated rings. The highest BCUT2D eigenvalue weighted by Crippen LogP contribution is 2.27. The van der Waals surface area contributed by atoms with Crippen molar-refractivity contribution in [2.24, 2.45) is 5.92 Å². The number of hydrogen-bond acceptors (Lipinski definition) is 2. The van der Waals surface area contributed by atoms with E-state index in [9.17, 15) is 0 Å². The van der Waals surface area contributed by atoms with Crippen LogP contribution >= 0.6 is 0 Å². The van der Waals surface area contributed by atoms with Gasteiger partial charge in [-0.15, -0.1) is 0 Å². The van der Waals surface area contributed by atoms with E-state index in [4.69, 9.17) is 0 Å². The molecule has 0 heterocycles. The van der Waals surface area contributed by atoms with Crippen molar-refractivity contribution in [3.05, 3.63) is 35.4 Å². The smallest absolute Gasteiger partial charge is 0.0234 e. The van der Waals surface area contributed by atoms with Crippen LogP contribution in [0.25, 0.3) is 0 Å². The second-order valence-electron chi connectivity index (χ2n) is 7.37. The Bertz CT molecular complexity index is 416. The summed E-state index contributed by atoms with van der Waals surface area (Å²) >= 11 is 0. The van der Waals surface area contributed by atoms with Gasteiger partial charge in [0.05, 0.1) is 0 Å². The van der Waals surface area contributed by atoms with Gasteiger partial charge in [-0.05, 0) is 57.7 Å². The molecular weight excluding hydrogens is 244 g/mol. The summed E-state index contributed by atoms with van der Waals surface area (Å²) in [6.07, 6.45) is 4.29. The molecule has 0 spiro atoms. The third-order valence-electron chi connectivity index (χ3n) is 4.16. The first kappa shape index (κ1) is 15.5. The van der Waals surface area contributed by atoms with Gasteiger partial charge < -0.3 is 10.2 Å². The van der Waals surface area contributed by atoms with Crippen LogP contribution in [0.4, 0.5) is 0 Å². The molecule has 0 aliphatic heterocycles. The molecule has 0 atom stereocenters. The second kappa shape index (κ2) is 6.73. The van der Waals surface area contributed by atoms with Crippen LogP contribution in [-0.4, -0.2) is 24.0 Å². The fourth-order valence-corrected chi connectivity index (χ4v) is 2.72. The Hall–Kier alpha value is -0.860. The lowest BCUT2D eigenvalue weighted by Gasteiger charge is -2.30. The predicted molar refractivity (Wildman–Crippen MR) is 86.7 cm³/mol. The van der Waals surface area contributed by atoms with Crippen LogP contribution in [0.15, 0.2) is 24.3 Å². The van der Waals surface area contributed by atoms with Crippen LogP contribution in [0.2, 0.25) is 0 Å². The molecule has 1 aliphatic carbocycles. The molecule has 0 radical (unpaired) electrons. The van der Waals surface area contributed by atoms with Crippen LogP contribution in [0.3, 0.4) is 0 Å². The molecule has 0 bridgehead atoms. The molecule has 1 aromatic carbocycles. The lowest BCUT2D eigenvalue weighted by Crippen LogP contribution is -2.35. The maximum Gasteiger partial charge on any atom is 0.0234 e. The van der Waals surface area contributed by atoms with Gasteiger partial charge in [0.15, 0.2) is 0 Å². The molecule has 2 heteroatoms. The van der Waals surface area contributed by atoms with Gasteiger partial charge in [0.1, 0.15) is 0 Å². The molecule has 1 saturated carbocycles. The summed E-state index contributed by atoms with van der Waals surface area (Å²) in [6.45, 7) is 9.94. The summed E-state index contributed by atoms with van der Waals surface area (Å²) in [6, 6.07) is 8.84. The summed E-state index contributed by atoms with van der Waals surface area (Å²) in [5.74, 6) is 0.944. The molecule has 20 heavy (non-hydrogen) atoms. The van der Waals surface area contributed by atoms with E-state index in [1.165, 1.54) is 36.9 Å². The molecule has 1 aliphatic rings. The van der Waals surface area contributed by atoms with Crippen LogP contribution in [0, 0.1) is 5.92 Å². The van der Waals surface area contributed by atoms with Gasteiger partial charge in [-0.2, -0.15) is 0 Å². The minimum Gasteiger partial charge on any atom is -0.308 e. The number of hydrogen-bond donors (Lipinski definition) is 1. The Morgan fingerprint density at radius 2 is 1.80 bits per heavy atom. The fourth-order valence-electron chi connectivity index (χ4n) is 2.72. The van der Waals surface area contributed by atoms with Crippen molar-refractivity contribution in [1.82, 2.24) is 10.2 Å². The number of nitrogens with zero attached hydrogens (tertiary/aromatic N) is 1. The summed E-state index contributed by atoms with van der Waals surface area (Å²) in [5.41, 5.74) is 3.07. The van der Waals surface area contributed by atoms with E-state index in [2.05, 4.69) is 62.3 Å². The van der Waals surface area contributed by atoms with Crippen molar-refractivity contribution >= 4 is 0 Å². The SMILES string of the molecule is CN(Cc1ccccc1CNC(C)(C)C)CC1CCC1. The highest BCUT2D eigenvalue weighted by Gasteiger charge is 2.19. The zero-order valence-corrected chi connectivity index (χ0v) is 13.6. The molecule has 0 aromatic heterocycles. The number of nitrogens with one attached hydrogen (secondary N) is 1. The first-order chi connectivity index (χ1) is 9.44. The van der Waals surface area contributed by atoms with Crippen molar-refractivity contribution in [2.45, 2.75) is 58.7 Å². The first-order valence-corrected chi connectivity index (χ1v) is 7.94. The molecule has 112 valence electrons. The fraction of sp³-hybridized carbons (Fsp3) is 0.667. The maximum absolute atomic E-state index is 3.60.